The molecule has 2 rings (SSSR count). The van der Waals surface area contributed by atoms with Crippen LogP contribution in [0.4, 0.5) is 0 Å². The van der Waals surface area contributed by atoms with E-state index in [2.05, 4.69) is 0 Å². The summed E-state index contributed by atoms with van der Waals surface area (Å²) in [6.07, 6.45) is -0.622. The lowest BCUT2D eigenvalue weighted by Gasteiger charge is -2.17. The average molecular weight is 204 g/mol. The van der Waals surface area contributed by atoms with E-state index in [9.17, 15) is 9.90 Å². The van der Waals surface area contributed by atoms with Crippen molar-refractivity contribution in [1.29, 1.82) is 5.41 Å². The van der Waals surface area contributed by atoms with Crippen molar-refractivity contribution in [2.45, 2.75) is 13.0 Å². The summed E-state index contributed by atoms with van der Waals surface area (Å²) in [6.45, 7) is 1.77. The Kier molecular flexibility index (Phi) is 2.28. The molecule has 15 heavy (non-hydrogen) atoms. The predicted octanol–water partition coefficient (Wildman–Crippen LogP) is 0.849. The average Bonchev–Trinajstić information content (AvgIpc) is 2.44. The quantitative estimate of drug-likeness (QED) is 0.750. The summed E-state index contributed by atoms with van der Waals surface area (Å²) in [5, 5.41) is 17.0. The zero-order chi connectivity index (χ0) is 11.0. The molecule has 4 nitrogen and oxygen atoms in total. The first kappa shape index (κ1) is 9.86. The van der Waals surface area contributed by atoms with Gasteiger partial charge in [-0.25, -0.2) is 0 Å². The van der Waals surface area contributed by atoms with E-state index in [-0.39, 0.29) is 18.3 Å². The molecule has 1 unspecified atom stereocenters. The summed E-state index contributed by atoms with van der Waals surface area (Å²) in [4.78, 5) is 13.1. The molecule has 1 atom stereocenters. The van der Waals surface area contributed by atoms with Crippen molar-refractivity contribution >= 4 is 11.7 Å². The number of nitrogens with zero attached hydrogens (tertiary/aromatic N) is 1. The Morgan fingerprint density at radius 1 is 1.40 bits per heavy atom. The predicted molar refractivity (Wildman–Crippen MR) is 56.0 cm³/mol. The molecule has 0 saturated heterocycles. The number of carbonyl (C=O) groups excluding carboxylic acids is 1. The van der Waals surface area contributed by atoms with Gasteiger partial charge in [-0.3, -0.25) is 15.1 Å². The molecule has 1 aliphatic heterocycles. The monoisotopic (exact) mass is 204 g/mol. The Bertz CT molecular complexity index is 391. The summed E-state index contributed by atoms with van der Waals surface area (Å²) in [5.74, 6) is -0.0204. The van der Waals surface area contributed by atoms with Gasteiger partial charge in [-0.05, 0) is 13.0 Å². The van der Waals surface area contributed by atoms with E-state index in [0.717, 1.165) is 0 Å². The van der Waals surface area contributed by atoms with Crippen LogP contribution in [0.2, 0.25) is 0 Å². The fourth-order valence-electron chi connectivity index (χ4n) is 1.71. The third-order valence-electron chi connectivity index (χ3n) is 2.37. The van der Waals surface area contributed by atoms with Crippen LogP contribution in [0, 0.1) is 5.41 Å². The lowest BCUT2D eigenvalue weighted by molar-refractivity contribution is 0.0791. The van der Waals surface area contributed by atoms with E-state index >= 15 is 0 Å². The van der Waals surface area contributed by atoms with Crippen molar-refractivity contribution in [2.24, 2.45) is 0 Å². The van der Waals surface area contributed by atoms with Crippen LogP contribution in [0.15, 0.2) is 24.3 Å². The Labute approximate surface area is 87.7 Å². The number of nitrogens with one attached hydrogen (secondary N) is 1. The molecular weight excluding hydrogens is 192 g/mol. The van der Waals surface area contributed by atoms with Crippen molar-refractivity contribution in [3.8, 4) is 0 Å². The number of hydrogen-bond acceptors (Lipinski definition) is 3. The lowest BCUT2D eigenvalue weighted by atomic mass is 10.1. The molecule has 0 bridgehead atoms. The maximum atomic E-state index is 11.8. The second-order valence-electron chi connectivity index (χ2n) is 3.66. The lowest BCUT2D eigenvalue weighted by Crippen LogP contribution is -2.35. The summed E-state index contributed by atoms with van der Waals surface area (Å²) >= 11 is 0. The Morgan fingerprint density at radius 2 is 2.00 bits per heavy atom. The van der Waals surface area contributed by atoms with Crippen LogP contribution >= 0.6 is 0 Å². The third kappa shape index (κ3) is 1.53. The number of amidine groups is 1. The Balaban J connectivity index is 2.37. The van der Waals surface area contributed by atoms with Crippen molar-refractivity contribution in [3.05, 3.63) is 35.4 Å². The SMILES string of the molecule is CC(O)CN1C(=N)c2ccccc2C1=O. The summed E-state index contributed by atoms with van der Waals surface area (Å²) < 4.78 is 0. The Hall–Kier alpha value is -1.68. The van der Waals surface area contributed by atoms with Gasteiger partial charge < -0.3 is 5.11 Å². The molecule has 1 aliphatic rings. The zero-order valence-corrected chi connectivity index (χ0v) is 8.40. The topological polar surface area (TPSA) is 64.4 Å². The second-order valence-corrected chi connectivity index (χ2v) is 3.66. The first-order valence-corrected chi connectivity index (χ1v) is 4.79. The molecule has 78 valence electrons. The highest BCUT2D eigenvalue weighted by molar-refractivity contribution is 6.22. The minimum absolute atomic E-state index is 0.173. The molecule has 0 saturated carbocycles. The molecule has 0 radical (unpaired) electrons. The van der Waals surface area contributed by atoms with Crippen molar-refractivity contribution in [2.75, 3.05) is 6.54 Å². The molecular formula is C11H12N2O2. The minimum Gasteiger partial charge on any atom is -0.392 e. The number of fused-ring (bicyclic) bond motifs is 1. The van der Waals surface area contributed by atoms with Gasteiger partial charge in [0, 0.05) is 5.56 Å². The molecule has 1 aromatic rings. The van der Waals surface area contributed by atoms with E-state index in [1.807, 2.05) is 0 Å². The number of rotatable bonds is 2. The van der Waals surface area contributed by atoms with Crippen molar-refractivity contribution < 1.29 is 9.90 Å². The highest BCUT2D eigenvalue weighted by atomic mass is 16.3. The molecule has 0 spiro atoms. The highest BCUT2D eigenvalue weighted by Crippen LogP contribution is 2.22. The van der Waals surface area contributed by atoms with Crippen LogP contribution in [-0.2, 0) is 0 Å². The maximum absolute atomic E-state index is 11.8. The van der Waals surface area contributed by atoms with Gasteiger partial charge >= 0.3 is 0 Å². The van der Waals surface area contributed by atoms with E-state index in [1.165, 1.54) is 4.90 Å². The second kappa shape index (κ2) is 3.47. The van der Waals surface area contributed by atoms with Gasteiger partial charge in [-0.1, -0.05) is 18.2 Å². The number of β-amino-alcohol motifs (C(OH)–C–C–N with tert-alkyl or cyclic N) is 1. The number of aliphatic hydroxyl groups is 1. The van der Waals surface area contributed by atoms with E-state index in [0.29, 0.717) is 11.1 Å². The van der Waals surface area contributed by atoms with E-state index < -0.39 is 6.10 Å². The normalized spacial score (nSPS) is 16.8. The summed E-state index contributed by atoms with van der Waals surface area (Å²) in [7, 11) is 0. The van der Waals surface area contributed by atoms with E-state index in [1.54, 1.807) is 31.2 Å². The van der Waals surface area contributed by atoms with Gasteiger partial charge in [0.15, 0.2) is 0 Å². The molecule has 0 aliphatic carbocycles. The van der Waals surface area contributed by atoms with Crippen LogP contribution in [-0.4, -0.2) is 34.4 Å². The zero-order valence-electron chi connectivity index (χ0n) is 8.40. The molecule has 4 heteroatoms. The standard InChI is InChI=1S/C11H12N2O2/c1-7(14)6-13-10(12)8-4-2-3-5-9(8)11(13)15/h2-5,7,12,14H,6H2,1H3. The van der Waals surface area contributed by atoms with Gasteiger partial charge in [-0.15, -0.1) is 0 Å². The number of amides is 1. The molecule has 2 N–H and O–H groups in total. The number of aliphatic hydroxyl groups excluding tert-OH is 1. The number of carbonyl (C=O) groups is 1. The van der Waals surface area contributed by atoms with Gasteiger partial charge in [0.25, 0.3) is 5.91 Å². The summed E-state index contributed by atoms with van der Waals surface area (Å²) in [5.41, 5.74) is 1.19. The van der Waals surface area contributed by atoms with Crippen LogP contribution in [0.25, 0.3) is 0 Å². The van der Waals surface area contributed by atoms with Crippen LogP contribution in [0.1, 0.15) is 22.8 Å². The van der Waals surface area contributed by atoms with Crippen molar-refractivity contribution in [1.82, 2.24) is 4.90 Å². The Morgan fingerprint density at radius 3 is 2.53 bits per heavy atom. The largest absolute Gasteiger partial charge is 0.392 e. The molecule has 0 aromatic heterocycles. The fraction of sp³-hybridized carbons (Fsp3) is 0.273. The van der Waals surface area contributed by atoms with Gasteiger partial charge in [0.1, 0.15) is 5.84 Å². The smallest absolute Gasteiger partial charge is 0.260 e. The fourth-order valence-corrected chi connectivity index (χ4v) is 1.71. The first-order chi connectivity index (χ1) is 7.11. The molecule has 1 amide bonds. The molecule has 0 fully saturated rings. The maximum Gasteiger partial charge on any atom is 0.260 e. The minimum atomic E-state index is -0.622. The number of hydrogen-bond donors (Lipinski definition) is 2. The summed E-state index contributed by atoms with van der Waals surface area (Å²) in [6, 6.07) is 7.02. The first-order valence-electron chi connectivity index (χ1n) is 4.79. The van der Waals surface area contributed by atoms with E-state index in [4.69, 9.17) is 5.41 Å². The van der Waals surface area contributed by atoms with Gasteiger partial charge in [0.05, 0.1) is 18.2 Å². The third-order valence-corrected chi connectivity index (χ3v) is 2.37. The van der Waals surface area contributed by atoms with Crippen molar-refractivity contribution in [3.63, 3.8) is 0 Å². The molecule has 1 aromatic carbocycles. The van der Waals surface area contributed by atoms with Crippen LogP contribution in [0.3, 0.4) is 0 Å². The van der Waals surface area contributed by atoms with Crippen LogP contribution < -0.4 is 0 Å². The molecule has 1 heterocycles. The number of benzene rings is 1. The van der Waals surface area contributed by atoms with Crippen LogP contribution in [0.5, 0.6) is 0 Å². The highest BCUT2D eigenvalue weighted by Gasteiger charge is 2.32. The van der Waals surface area contributed by atoms with Gasteiger partial charge in [0.2, 0.25) is 0 Å². The van der Waals surface area contributed by atoms with Gasteiger partial charge in [-0.2, -0.15) is 0 Å².